The van der Waals surface area contributed by atoms with Crippen molar-refractivity contribution in [3.05, 3.63) is 65.7 Å². The zero-order valence-electron chi connectivity index (χ0n) is 16.8. The van der Waals surface area contributed by atoms with Crippen LogP contribution in [0.4, 0.5) is 0 Å². The highest BCUT2D eigenvalue weighted by Crippen LogP contribution is 2.32. The fourth-order valence-corrected chi connectivity index (χ4v) is 4.53. The lowest BCUT2D eigenvalue weighted by atomic mass is 9.82. The van der Waals surface area contributed by atoms with Crippen LogP contribution in [0, 0.1) is 5.92 Å². The SMILES string of the molecule is CN=C(NCc1ccc(S(C)(=O)=O)cc1)N1CCC(c2ccccc2)C(C)C1. The summed E-state index contributed by atoms with van der Waals surface area (Å²) in [6, 6.07) is 17.8. The molecule has 2 aromatic carbocycles. The number of nitrogens with zero attached hydrogens (tertiary/aromatic N) is 2. The molecule has 0 radical (unpaired) electrons. The van der Waals surface area contributed by atoms with Crippen molar-refractivity contribution in [2.75, 3.05) is 26.4 Å². The third-order valence-corrected chi connectivity index (χ3v) is 6.57. The zero-order chi connectivity index (χ0) is 20.1. The van der Waals surface area contributed by atoms with E-state index in [1.165, 1.54) is 11.8 Å². The van der Waals surface area contributed by atoms with E-state index < -0.39 is 9.84 Å². The van der Waals surface area contributed by atoms with Crippen LogP contribution in [0.25, 0.3) is 0 Å². The van der Waals surface area contributed by atoms with Crippen molar-refractivity contribution in [2.45, 2.75) is 30.7 Å². The molecule has 6 heteroatoms. The Balaban J connectivity index is 1.59. The second-order valence-corrected chi connectivity index (χ2v) is 9.56. The van der Waals surface area contributed by atoms with E-state index in [0.717, 1.165) is 31.0 Å². The molecule has 2 aromatic rings. The Morgan fingerprint density at radius 1 is 1.14 bits per heavy atom. The van der Waals surface area contributed by atoms with E-state index >= 15 is 0 Å². The fraction of sp³-hybridized carbons (Fsp3) is 0.409. The van der Waals surface area contributed by atoms with E-state index in [9.17, 15) is 8.42 Å². The predicted octanol–water partition coefficient (Wildman–Crippen LogP) is 3.29. The van der Waals surface area contributed by atoms with Crippen molar-refractivity contribution in [1.82, 2.24) is 10.2 Å². The van der Waals surface area contributed by atoms with Gasteiger partial charge in [0.1, 0.15) is 0 Å². The van der Waals surface area contributed by atoms with Gasteiger partial charge in [0.15, 0.2) is 15.8 Å². The lowest BCUT2D eigenvalue weighted by Crippen LogP contribution is -2.47. The van der Waals surface area contributed by atoms with Gasteiger partial charge in [-0.2, -0.15) is 0 Å². The van der Waals surface area contributed by atoms with E-state index in [1.807, 2.05) is 19.2 Å². The number of sulfone groups is 1. The fourth-order valence-electron chi connectivity index (χ4n) is 3.90. The molecule has 2 atom stereocenters. The Labute approximate surface area is 168 Å². The van der Waals surface area contributed by atoms with Crippen molar-refractivity contribution in [3.63, 3.8) is 0 Å². The minimum Gasteiger partial charge on any atom is -0.352 e. The summed E-state index contributed by atoms with van der Waals surface area (Å²) in [5.74, 6) is 2.02. The molecule has 3 rings (SSSR count). The summed E-state index contributed by atoms with van der Waals surface area (Å²) < 4.78 is 23.2. The van der Waals surface area contributed by atoms with E-state index in [4.69, 9.17) is 0 Å². The molecule has 0 saturated carbocycles. The lowest BCUT2D eigenvalue weighted by molar-refractivity contribution is 0.234. The van der Waals surface area contributed by atoms with Crippen LogP contribution >= 0.6 is 0 Å². The summed E-state index contributed by atoms with van der Waals surface area (Å²) in [6.07, 6.45) is 2.33. The maximum atomic E-state index is 11.6. The number of likely N-dealkylation sites (tertiary alicyclic amines) is 1. The van der Waals surface area contributed by atoms with Crippen LogP contribution in [-0.4, -0.2) is 45.7 Å². The smallest absolute Gasteiger partial charge is 0.193 e. The molecular weight excluding hydrogens is 370 g/mol. The molecule has 1 saturated heterocycles. The molecule has 1 aliphatic rings. The van der Waals surface area contributed by atoms with Crippen molar-refractivity contribution in [1.29, 1.82) is 0 Å². The summed E-state index contributed by atoms with van der Waals surface area (Å²) in [5.41, 5.74) is 2.45. The first-order valence-electron chi connectivity index (χ1n) is 9.68. The van der Waals surface area contributed by atoms with Gasteiger partial charge in [-0.3, -0.25) is 4.99 Å². The number of rotatable bonds is 4. The number of hydrogen-bond donors (Lipinski definition) is 1. The highest BCUT2D eigenvalue weighted by atomic mass is 32.2. The average Bonchev–Trinajstić information content (AvgIpc) is 2.69. The van der Waals surface area contributed by atoms with E-state index in [0.29, 0.717) is 23.3 Å². The molecule has 5 nitrogen and oxygen atoms in total. The highest BCUT2D eigenvalue weighted by Gasteiger charge is 2.28. The molecule has 1 heterocycles. The Hall–Kier alpha value is -2.34. The normalized spacial score (nSPS) is 20.8. The third kappa shape index (κ3) is 4.93. The number of aliphatic imine (C=N–C) groups is 1. The monoisotopic (exact) mass is 399 g/mol. The first-order valence-corrected chi connectivity index (χ1v) is 11.6. The van der Waals surface area contributed by atoms with Gasteiger partial charge in [-0.25, -0.2) is 8.42 Å². The van der Waals surface area contributed by atoms with Crippen LogP contribution < -0.4 is 5.32 Å². The average molecular weight is 400 g/mol. The molecule has 0 bridgehead atoms. The molecule has 1 fully saturated rings. The molecule has 28 heavy (non-hydrogen) atoms. The van der Waals surface area contributed by atoms with Crippen LogP contribution in [0.2, 0.25) is 0 Å². The number of benzene rings is 2. The summed E-state index contributed by atoms with van der Waals surface area (Å²) >= 11 is 0. The Morgan fingerprint density at radius 3 is 2.39 bits per heavy atom. The maximum absolute atomic E-state index is 11.6. The Bertz CT molecular complexity index is 909. The van der Waals surface area contributed by atoms with Gasteiger partial charge >= 0.3 is 0 Å². The molecular formula is C22H29N3O2S. The van der Waals surface area contributed by atoms with Crippen molar-refractivity contribution < 1.29 is 8.42 Å². The molecule has 150 valence electrons. The number of hydrogen-bond acceptors (Lipinski definition) is 3. The largest absolute Gasteiger partial charge is 0.352 e. The van der Waals surface area contributed by atoms with Gasteiger partial charge in [-0.05, 0) is 41.5 Å². The topological polar surface area (TPSA) is 61.8 Å². The summed E-state index contributed by atoms with van der Waals surface area (Å²) in [7, 11) is -1.35. The highest BCUT2D eigenvalue weighted by molar-refractivity contribution is 7.90. The van der Waals surface area contributed by atoms with Gasteiger partial charge in [-0.15, -0.1) is 0 Å². The van der Waals surface area contributed by atoms with Gasteiger partial charge < -0.3 is 10.2 Å². The summed E-state index contributed by atoms with van der Waals surface area (Å²) in [5, 5.41) is 3.42. The number of piperidine rings is 1. The summed E-state index contributed by atoms with van der Waals surface area (Å²) in [6.45, 7) is 4.85. The zero-order valence-corrected chi connectivity index (χ0v) is 17.6. The first-order chi connectivity index (χ1) is 13.4. The molecule has 1 aliphatic heterocycles. The number of guanidine groups is 1. The molecule has 1 N–H and O–H groups in total. The lowest BCUT2D eigenvalue weighted by Gasteiger charge is -2.39. The van der Waals surface area contributed by atoms with Gasteiger partial charge in [0.2, 0.25) is 0 Å². The molecule has 0 amide bonds. The minimum absolute atomic E-state index is 0.345. The van der Waals surface area contributed by atoms with Crippen LogP contribution in [0.5, 0.6) is 0 Å². The Morgan fingerprint density at radius 2 is 1.82 bits per heavy atom. The quantitative estimate of drug-likeness (QED) is 0.633. The third-order valence-electron chi connectivity index (χ3n) is 5.45. The van der Waals surface area contributed by atoms with Gasteiger partial charge in [0, 0.05) is 32.9 Å². The Kier molecular flexibility index (Phi) is 6.39. The van der Waals surface area contributed by atoms with E-state index in [1.54, 1.807) is 12.1 Å². The van der Waals surface area contributed by atoms with E-state index in [2.05, 4.69) is 52.5 Å². The van der Waals surface area contributed by atoms with Gasteiger partial charge in [0.05, 0.1) is 4.90 Å². The minimum atomic E-state index is -3.16. The predicted molar refractivity (Wildman–Crippen MR) is 114 cm³/mol. The standard InChI is InChI=1S/C22H29N3O2S/c1-17-16-25(14-13-21(17)19-7-5-4-6-8-19)22(23-2)24-15-18-9-11-20(12-10-18)28(3,26)27/h4-12,17,21H,13-16H2,1-3H3,(H,23,24). The van der Waals surface area contributed by atoms with Crippen LogP contribution in [0.3, 0.4) is 0 Å². The molecule has 0 aromatic heterocycles. The second kappa shape index (κ2) is 8.78. The molecule has 2 unspecified atom stereocenters. The van der Waals surface area contributed by atoms with Gasteiger partial charge in [-0.1, -0.05) is 49.4 Å². The van der Waals surface area contributed by atoms with E-state index in [-0.39, 0.29) is 0 Å². The molecule has 0 aliphatic carbocycles. The number of nitrogens with one attached hydrogen (secondary N) is 1. The van der Waals surface area contributed by atoms with Crippen molar-refractivity contribution in [2.24, 2.45) is 10.9 Å². The van der Waals surface area contributed by atoms with Crippen LogP contribution in [-0.2, 0) is 16.4 Å². The maximum Gasteiger partial charge on any atom is 0.193 e. The first kappa shape index (κ1) is 20.4. The second-order valence-electron chi connectivity index (χ2n) is 7.55. The van der Waals surface area contributed by atoms with Crippen molar-refractivity contribution in [3.8, 4) is 0 Å². The summed E-state index contributed by atoms with van der Waals surface area (Å²) in [4.78, 5) is 7.11. The molecule has 0 spiro atoms. The van der Waals surface area contributed by atoms with Gasteiger partial charge in [0.25, 0.3) is 0 Å². The van der Waals surface area contributed by atoms with Crippen molar-refractivity contribution >= 4 is 15.8 Å². The van der Waals surface area contributed by atoms with Crippen LogP contribution in [0.1, 0.15) is 30.4 Å². The van der Waals surface area contributed by atoms with Crippen LogP contribution in [0.15, 0.2) is 64.5 Å².